The average molecular weight is 333 g/mol. The molecule has 0 atom stereocenters. The van der Waals surface area contributed by atoms with E-state index in [4.69, 9.17) is 11.6 Å². The molecule has 0 aliphatic carbocycles. The van der Waals surface area contributed by atoms with Crippen molar-refractivity contribution >= 4 is 17.6 Å². The van der Waals surface area contributed by atoms with Crippen LogP contribution in [-0.2, 0) is 10.9 Å². The van der Waals surface area contributed by atoms with Crippen molar-refractivity contribution in [1.82, 2.24) is 9.97 Å². The Morgan fingerprint density at radius 2 is 2.05 bits per heavy atom. The molecule has 0 spiro atoms. The summed E-state index contributed by atoms with van der Waals surface area (Å²) in [4.78, 5) is 18.6. The molecular weight excluding hydrogens is 325 g/mol. The van der Waals surface area contributed by atoms with Gasteiger partial charge in [-0.05, 0) is 12.1 Å². The van der Waals surface area contributed by atoms with E-state index in [-0.39, 0.29) is 22.0 Å². The molecule has 2 rings (SSSR count). The molecule has 22 heavy (non-hydrogen) atoms. The summed E-state index contributed by atoms with van der Waals surface area (Å²) in [6.45, 7) is 0. The van der Waals surface area contributed by atoms with Crippen molar-refractivity contribution in [3.63, 3.8) is 0 Å². The first-order valence-corrected chi connectivity index (χ1v) is 6.13. The van der Waals surface area contributed by atoms with Crippen LogP contribution in [0, 0.1) is 0 Å². The average Bonchev–Trinajstić information content (AvgIpc) is 2.46. The molecule has 0 bridgehead atoms. The molecule has 2 heterocycles. The van der Waals surface area contributed by atoms with Crippen LogP contribution < -0.4 is 0 Å². The van der Waals surface area contributed by atoms with Crippen molar-refractivity contribution in [1.29, 1.82) is 0 Å². The fraction of sp³-hybridized carbons (Fsp3) is 0.154. The minimum atomic E-state index is -4.58. The zero-order chi connectivity index (χ0) is 16.5. The van der Waals surface area contributed by atoms with Crippen LogP contribution in [0.3, 0.4) is 0 Å². The third kappa shape index (κ3) is 3.11. The highest BCUT2D eigenvalue weighted by atomic mass is 35.5. The molecule has 0 aliphatic heterocycles. The van der Waals surface area contributed by atoms with E-state index in [2.05, 4.69) is 14.7 Å². The molecule has 0 radical (unpaired) electrons. The molecule has 0 unspecified atom stereocenters. The fourth-order valence-corrected chi connectivity index (χ4v) is 1.86. The molecular formula is C13H8ClF3N2O3. The molecule has 2 aromatic rings. The largest absolute Gasteiger partial charge is 0.506 e. The quantitative estimate of drug-likeness (QED) is 0.854. The summed E-state index contributed by atoms with van der Waals surface area (Å²) in [6.07, 6.45) is -3.69. The Hall–Kier alpha value is -2.35. The molecule has 2 aromatic heterocycles. The first-order valence-electron chi connectivity index (χ1n) is 5.75. The van der Waals surface area contributed by atoms with Gasteiger partial charge in [-0.3, -0.25) is 4.98 Å². The molecule has 9 heteroatoms. The van der Waals surface area contributed by atoms with Crippen molar-refractivity contribution in [2.75, 3.05) is 7.11 Å². The number of halogens is 4. The third-order valence-electron chi connectivity index (χ3n) is 2.66. The first-order chi connectivity index (χ1) is 10.2. The van der Waals surface area contributed by atoms with Crippen LogP contribution in [0.5, 0.6) is 5.75 Å². The van der Waals surface area contributed by atoms with Crippen LogP contribution in [0.15, 0.2) is 24.4 Å². The minimum Gasteiger partial charge on any atom is -0.506 e. The molecule has 5 nitrogen and oxygen atoms in total. The Morgan fingerprint density at radius 1 is 1.36 bits per heavy atom. The number of aromatic nitrogens is 2. The highest BCUT2D eigenvalue weighted by Gasteiger charge is 2.32. The monoisotopic (exact) mass is 332 g/mol. The van der Waals surface area contributed by atoms with Crippen LogP contribution in [0.1, 0.15) is 16.2 Å². The number of methoxy groups -OCH3 is 1. The summed E-state index contributed by atoms with van der Waals surface area (Å²) in [5.41, 5.74) is -1.40. The molecule has 0 saturated heterocycles. The van der Waals surface area contributed by atoms with Gasteiger partial charge in [0, 0.05) is 17.8 Å². The number of hydrogen-bond donors (Lipinski definition) is 1. The lowest BCUT2D eigenvalue weighted by atomic mass is 10.1. The fourth-order valence-electron chi connectivity index (χ4n) is 1.63. The number of ether oxygens (including phenoxy) is 1. The van der Waals surface area contributed by atoms with Gasteiger partial charge in [0.05, 0.1) is 12.1 Å². The number of alkyl halides is 3. The van der Waals surface area contributed by atoms with Gasteiger partial charge in [0.15, 0.2) is 5.69 Å². The van der Waals surface area contributed by atoms with Crippen LogP contribution in [0.25, 0.3) is 11.3 Å². The van der Waals surface area contributed by atoms with E-state index in [1.807, 2.05) is 0 Å². The summed E-state index contributed by atoms with van der Waals surface area (Å²) in [5.74, 6) is -1.25. The maximum absolute atomic E-state index is 12.5. The second-order valence-corrected chi connectivity index (χ2v) is 4.52. The van der Waals surface area contributed by atoms with E-state index >= 15 is 0 Å². The summed E-state index contributed by atoms with van der Waals surface area (Å²) in [6, 6.07) is 2.86. The van der Waals surface area contributed by atoms with Crippen molar-refractivity contribution in [2.24, 2.45) is 0 Å². The van der Waals surface area contributed by atoms with Gasteiger partial charge in [-0.15, -0.1) is 0 Å². The van der Waals surface area contributed by atoms with Gasteiger partial charge >= 0.3 is 12.1 Å². The molecule has 0 amide bonds. The lowest BCUT2D eigenvalue weighted by molar-refractivity contribution is -0.141. The van der Waals surface area contributed by atoms with Crippen molar-refractivity contribution < 1.29 is 27.8 Å². The Labute approximate surface area is 127 Å². The minimum absolute atomic E-state index is 0.0901. The Balaban J connectivity index is 2.50. The normalized spacial score (nSPS) is 11.3. The summed E-state index contributed by atoms with van der Waals surface area (Å²) in [7, 11) is 1.12. The highest BCUT2D eigenvalue weighted by Crippen LogP contribution is 2.33. The van der Waals surface area contributed by atoms with Crippen LogP contribution in [0.4, 0.5) is 13.2 Å². The number of pyridine rings is 2. The second-order valence-electron chi connectivity index (χ2n) is 4.11. The predicted octanol–water partition coefficient (Wildman–Crippen LogP) is 3.31. The molecule has 1 N–H and O–H groups in total. The van der Waals surface area contributed by atoms with Crippen molar-refractivity contribution in [3.8, 4) is 17.0 Å². The Kier molecular flexibility index (Phi) is 4.23. The smallest absolute Gasteiger partial charge is 0.433 e. The summed E-state index contributed by atoms with van der Waals surface area (Å²) < 4.78 is 41.9. The van der Waals surface area contributed by atoms with Gasteiger partial charge in [0.25, 0.3) is 0 Å². The predicted molar refractivity (Wildman–Crippen MR) is 70.5 cm³/mol. The number of hydrogen-bond acceptors (Lipinski definition) is 5. The van der Waals surface area contributed by atoms with Crippen molar-refractivity contribution in [2.45, 2.75) is 6.18 Å². The van der Waals surface area contributed by atoms with Crippen LogP contribution in [0.2, 0.25) is 5.02 Å². The summed E-state index contributed by atoms with van der Waals surface area (Å²) in [5, 5.41) is 9.66. The lowest BCUT2D eigenvalue weighted by Crippen LogP contribution is -2.08. The van der Waals surface area contributed by atoms with E-state index in [9.17, 15) is 23.1 Å². The van der Waals surface area contributed by atoms with Gasteiger partial charge in [-0.2, -0.15) is 13.2 Å². The number of carbonyl (C=O) groups excluding carboxylic acids is 1. The van der Waals surface area contributed by atoms with E-state index in [0.717, 1.165) is 31.5 Å². The van der Waals surface area contributed by atoms with Crippen LogP contribution in [-0.4, -0.2) is 28.2 Å². The number of esters is 1. The number of aromatic hydroxyl groups is 1. The number of rotatable bonds is 2. The second kappa shape index (κ2) is 5.80. The molecule has 0 aromatic carbocycles. The van der Waals surface area contributed by atoms with Crippen LogP contribution >= 0.6 is 11.6 Å². The maximum Gasteiger partial charge on any atom is 0.433 e. The van der Waals surface area contributed by atoms with Crippen molar-refractivity contribution in [3.05, 3.63) is 40.8 Å². The SMILES string of the molecule is COC(=O)c1nc(-c2ccc(C(F)(F)F)nc2)c(O)cc1Cl. The lowest BCUT2D eigenvalue weighted by Gasteiger charge is -2.09. The Morgan fingerprint density at radius 3 is 2.55 bits per heavy atom. The topological polar surface area (TPSA) is 72.3 Å². The Bertz CT molecular complexity index is 718. The van der Waals surface area contributed by atoms with Gasteiger partial charge in [0.1, 0.15) is 17.1 Å². The van der Waals surface area contributed by atoms with Gasteiger partial charge in [-0.25, -0.2) is 9.78 Å². The molecule has 0 saturated carbocycles. The van der Waals surface area contributed by atoms with E-state index in [1.165, 1.54) is 0 Å². The first kappa shape index (κ1) is 16.0. The molecule has 116 valence electrons. The number of nitrogens with zero attached hydrogens (tertiary/aromatic N) is 2. The van der Waals surface area contributed by atoms with Gasteiger partial charge < -0.3 is 9.84 Å². The van der Waals surface area contributed by atoms with E-state index in [1.54, 1.807) is 0 Å². The molecule has 0 fully saturated rings. The third-order valence-corrected chi connectivity index (χ3v) is 2.95. The summed E-state index contributed by atoms with van der Waals surface area (Å²) >= 11 is 5.76. The standard InChI is InChI=1S/C13H8ClF3N2O3/c1-22-12(21)11-7(14)4-8(20)10(19-11)6-2-3-9(18-5-6)13(15,16)17/h2-5,20H,1H3. The number of carbonyl (C=O) groups is 1. The van der Waals surface area contributed by atoms with Gasteiger partial charge in [-0.1, -0.05) is 11.6 Å². The highest BCUT2D eigenvalue weighted by molar-refractivity contribution is 6.33. The zero-order valence-corrected chi connectivity index (χ0v) is 11.7. The van der Waals surface area contributed by atoms with E-state index < -0.39 is 23.6 Å². The zero-order valence-electron chi connectivity index (χ0n) is 11.0. The van der Waals surface area contributed by atoms with Gasteiger partial charge in [0.2, 0.25) is 0 Å². The molecule has 0 aliphatic rings. The van der Waals surface area contributed by atoms with E-state index in [0.29, 0.717) is 0 Å². The maximum atomic E-state index is 12.5.